The van der Waals surface area contributed by atoms with Crippen molar-refractivity contribution < 1.29 is 26.8 Å². The molecule has 0 saturated heterocycles. The summed E-state index contributed by atoms with van der Waals surface area (Å²) in [6.07, 6.45) is 0.826. The van der Waals surface area contributed by atoms with E-state index in [4.69, 9.17) is 5.11 Å². The van der Waals surface area contributed by atoms with Crippen molar-refractivity contribution in [3.63, 3.8) is 0 Å². The second kappa shape index (κ2) is 3.65. The second-order valence-electron chi connectivity index (χ2n) is 2.17. The van der Waals surface area contributed by atoms with Crippen molar-refractivity contribution in [3.05, 3.63) is 0 Å². The fourth-order valence-corrected chi connectivity index (χ4v) is 0. The van der Waals surface area contributed by atoms with Crippen LogP contribution in [-0.4, -0.2) is 10.7 Å². The zero-order chi connectivity index (χ0) is 5.21. The van der Waals surface area contributed by atoms with E-state index in [1.807, 2.05) is 6.92 Å². The van der Waals surface area contributed by atoms with Crippen LogP contribution >= 0.6 is 0 Å². The summed E-state index contributed by atoms with van der Waals surface area (Å²) in [5, 5.41) is 8.83. The van der Waals surface area contributed by atoms with Crippen molar-refractivity contribution in [2.24, 2.45) is 0 Å². The molecule has 1 nitrogen and oxygen atoms in total. The zero-order valence-electron chi connectivity index (χ0n) is 5.15. The van der Waals surface area contributed by atoms with Crippen molar-refractivity contribution in [1.82, 2.24) is 0 Å². The van der Waals surface area contributed by atoms with Crippen LogP contribution in [0, 0.1) is 0 Å². The van der Waals surface area contributed by atoms with Gasteiger partial charge in [0.25, 0.3) is 0 Å². The van der Waals surface area contributed by atoms with Crippen LogP contribution in [0.4, 0.5) is 0 Å². The first-order valence-corrected chi connectivity index (χ1v) is 2.28. The molecule has 0 aromatic heterocycles. The Morgan fingerprint density at radius 2 is 1.57 bits per heavy atom. The molecule has 2 heteroatoms. The number of aliphatic hydroxyl groups is 1. The minimum Gasteiger partial charge on any atom is -0.390 e. The van der Waals surface area contributed by atoms with Gasteiger partial charge in [-0.25, -0.2) is 0 Å². The van der Waals surface area contributed by atoms with Gasteiger partial charge in [-0.2, -0.15) is 0 Å². The quantitative estimate of drug-likeness (QED) is 0.536. The van der Waals surface area contributed by atoms with Gasteiger partial charge in [-0.3, -0.25) is 0 Å². The van der Waals surface area contributed by atoms with E-state index in [0.717, 1.165) is 6.42 Å². The minimum atomic E-state index is -0.458. The molecule has 42 valence electrons. The third kappa shape index (κ3) is 10.8. The molecular weight excluding hydrogens is 124 g/mol. The van der Waals surface area contributed by atoms with Crippen LogP contribution in [0.25, 0.3) is 0 Å². The van der Waals surface area contributed by atoms with Gasteiger partial charge in [-0.1, -0.05) is 6.92 Å². The second-order valence-corrected chi connectivity index (χ2v) is 2.17. The van der Waals surface area contributed by atoms with E-state index in [0.29, 0.717) is 0 Å². The topological polar surface area (TPSA) is 20.2 Å². The Bertz CT molecular complexity index is 37.8. The van der Waals surface area contributed by atoms with Crippen molar-refractivity contribution in [2.75, 3.05) is 0 Å². The van der Waals surface area contributed by atoms with Crippen LogP contribution in [0.1, 0.15) is 27.2 Å². The monoisotopic (exact) mass is 136 g/mol. The van der Waals surface area contributed by atoms with Gasteiger partial charge in [0.2, 0.25) is 0 Å². The molecule has 0 aromatic carbocycles. The van der Waals surface area contributed by atoms with E-state index in [-0.39, 0.29) is 21.7 Å². The average Bonchev–Trinajstić information content (AvgIpc) is 1.35. The molecule has 0 unspecified atom stereocenters. The van der Waals surface area contributed by atoms with Gasteiger partial charge in [-0.15, -0.1) is 0 Å². The predicted molar refractivity (Wildman–Crippen MR) is 26.6 cm³/mol. The van der Waals surface area contributed by atoms with E-state index in [9.17, 15) is 0 Å². The third-order valence-corrected chi connectivity index (χ3v) is 0.865. The third-order valence-electron chi connectivity index (χ3n) is 0.865. The van der Waals surface area contributed by atoms with Gasteiger partial charge < -0.3 is 5.11 Å². The van der Waals surface area contributed by atoms with E-state index in [1.54, 1.807) is 13.8 Å². The molecule has 0 rings (SSSR count). The maximum atomic E-state index is 8.83. The molecule has 0 saturated carbocycles. The van der Waals surface area contributed by atoms with E-state index in [1.165, 1.54) is 0 Å². The van der Waals surface area contributed by atoms with Crippen LogP contribution in [0.2, 0.25) is 0 Å². The standard InChI is InChI=1S/C5H12O.Ti/c1-4-5(2,3)6;/h6H,4H2,1-3H3;. The molecule has 7 heavy (non-hydrogen) atoms. The van der Waals surface area contributed by atoms with Crippen LogP contribution in [0.5, 0.6) is 0 Å². The molecule has 0 heterocycles. The summed E-state index contributed by atoms with van der Waals surface area (Å²) in [5.74, 6) is 0. The molecule has 0 aliphatic carbocycles. The predicted octanol–water partition coefficient (Wildman–Crippen LogP) is 1.16. The Hall–Kier alpha value is 0.674. The first-order valence-electron chi connectivity index (χ1n) is 2.28. The van der Waals surface area contributed by atoms with Gasteiger partial charge >= 0.3 is 0 Å². The molecule has 0 spiro atoms. The van der Waals surface area contributed by atoms with Gasteiger partial charge in [0.05, 0.1) is 5.60 Å². The zero-order valence-corrected chi connectivity index (χ0v) is 6.72. The van der Waals surface area contributed by atoms with Crippen molar-refractivity contribution in [1.29, 1.82) is 0 Å². The Kier molecular flexibility index (Phi) is 5.53. The first-order chi connectivity index (χ1) is 2.56. The van der Waals surface area contributed by atoms with Gasteiger partial charge in [-0.05, 0) is 20.3 Å². The fraction of sp³-hybridized carbons (Fsp3) is 1.00. The van der Waals surface area contributed by atoms with Crippen LogP contribution in [0.15, 0.2) is 0 Å². The van der Waals surface area contributed by atoms with Crippen molar-refractivity contribution in [2.45, 2.75) is 32.8 Å². The number of rotatable bonds is 1. The van der Waals surface area contributed by atoms with Crippen LogP contribution < -0.4 is 0 Å². The summed E-state index contributed by atoms with van der Waals surface area (Å²) < 4.78 is 0. The smallest absolute Gasteiger partial charge is 0.0589 e. The minimum absolute atomic E-state index is 0. The molecule has 0 radical (unpaired) electrons. The molecule has 0 amide bonds. The van der Waals surface area contributed by atoms with Gasteiger partial charge in [0, 0.05) is 21.7 Å². The maximum Gasteiger partial charge on any atom is 0.0589 e. The molecule has 0 atom stereocenters. The summed E-state index contributed by atoms with van der Waals surface area (Å²) in [4.78, 5) is 0. The summed E-state index contributed by atoms with van der Waals surface area (Å²) in [6, 6.07) is 0. The average molecular weight is 136 g/mol. The number of hydrogen-bond donors (Lipinski definition) is 1. The fourth-order valence-electron chi connectivity index (χ4n) is 0. The summed E-state index contributed by atoms with van der Waals surface area (Å²) in [5.41, 5.74) is -0.458. The Balaban J connectivity index is 0. The van der Waals surface area contributed by atoms with E-state index < -0.39 is 5.60 Å². The Labute approximate surface area is 60.0 Å². The van der Waals surface area contributed by atoms with Crippen LogP contribution in [0.3, 0.4) is 0 Å². The number of hydrogen-bond acceptors (Lipinski definition) is 1. The Morgan fingerprint density at radius 3 is 1.57 bits per heavy atom. The van der Waals surface area contributed by atoms with E-state index in [2.05, 4.69) is 0 Å². The maximum absolute atomic E-state index is 8.83. The molecule has 0 aliphatic heterocycles. The molecule has 0 aliphatic rings. The first kappa shape index (κ1) is 10.6. The van der Waals surface area contributed by atoms with E-state index >= 15 is 0 Å². The molecule has 0 fully saturated rings. The summed E-state index contributed by atoms with van der Waals surface area (Å²) in [7, 11) is 0. The summed E-state index contributed by atoms with van der Waals surface area (Å²) >= 11 is 0. The Morgan fingerprint density at radius 1 is 1.43 bits per heavy atom. The normalized spacial score (nSPS) is 10.3. The SMILES string of the molecule is CCC(C)(C)O.[Ti]. The molecular formula is C5H12OTi. The van der Waals surface area contributed by atoms with Gasteiger partial charge in [0.15, 0.2) is 0 Å². The largest absolute Gasteiger partial charge is 0.390 e. The molecule has 1 N–H and O–H groups in total. The summed E-state index contributed by atoms with van der Waals surface area (Å²) in [6.45, 7) is 5.56. The van der Waals surface area contributed by atoms with Crippen LogP contribution in [-0.2, 0) is 21.7 Å². The van der Waals surface area contributed by atoms with Crippen molar-refractivity contribution in [3.8, 4) is 0 Å². The molecule has 0 aromatic rings. The molecule has 0 bridgehead atoms. The van der Waals surface area contributed by atoms with Crippen molar-refractivity contribution >= 4 is 0 Å². The van der Waals surface area contributed by atoms with Gasteiger partial charge in [0.1, 0.15) is 0 Å².